The number of aliphatic hydroxyl groups is 1. The lowest BCUT2D eigenvalue weighted by Gasteiger charge is -1.99. The number of hydrogen-bond acceptors (Lipinski definition) is 4. The van der Waals surface area contributed by atoms with Crippen LogP contribution in [0.3, 0.4) is 0 Å². The Labute approximate surface area is 71.0 Å². The van der Waals surface area contributed by atoms with Crippen LogP contribution in [0.4, 0.5) is 0 Å². The zero-order valence-electron chi connectivity index (χ0n) is 6.53. The van der Waals surface area contributed by atoms with Crippen molar-refractivity contribution in [1.29, 1.82) is 0 Å². The quantitative estimate of drug-likeness (QED) is 0.477. The van der Waals surface area contributed by atoms with E-state index in [0.29, 0.717) is 4.57 Å². The fraction of sp³-hybridized carbons (Fsp3) is 0.167. The molecule has 0 spiro atoms. The van der Waals surface area contributed by atoms with Crippen LogP contribution in [0.25, 0.3) is 0 Å². The number of H-pyrrole nitrogens is 2. The number of hydrogen-bond donors (Lipinski definition) is 3. The smallest absolute Gasteiger partial charge is 0.334 e. The molecule has 1 heterocycles. The lowest BCUT2D eigenvalue weighted by Crippen LogP contribution is -2.43. The first kappa shape index (κ1) is 9.04. The lowest BCUT2D eigenvalue weighted by atomic mass is 10.5. The second-order valence-corrected chi connectivity index (χ2v) is 2.34. The highest BCUT2D eigenvalue weighted by molar-refractivity contribution is 4.82. The van der Waals surface area contributed by atoms with Crippen LogP contribution in [0, 0.1) is 0 Å². The van der Waals surface area contributed by atoms with Crippen molar-refractivity contribution >= 4 is 0 Å². The van der Waals surface area contributed by atoms with Gasteiger partial charge in [0.05, 0.1) is 6.54 Å². The summed E-state index contributed by atoms with van der Waals surface area (Å²) in [5, 5.41) is 8.73. The molecule has 13 heavy (non-hydrogen) atoms. The molecule has 0 atom stereocenters. The van der Waals surface area contributed by atoms with Gasteiger partial charge in [0, 0.05) is 0 Å². The largest absolute Gasteiger partial charge is 0.511 e. The van der Waals surface area contributed by atoms with E-state index in [2.05, 4.69) is 6.58 Å². The zero-order chi connectivity index (χ0) is 10.0. The summed E-state index contributed by atoms with van der Waals surface area (Å²) in [6, 6.07) is 0. The van der Waals surface area contributed by atoms with Crippen molar-refractivity contribution in [1.82, 2.24) is 14.5 Å². The van der Waals surface area contributed by atoms with Crippen molar-refractivity contribution in [2.45, 2.75) is 6.54 Å². The maximum Gasteiger partial charge on any atom is 0.334 e. The summed E-state index contributed by atoms with van der Waals surface area (Å²) in [7, 11) is 0. The number of aromatic nitrogens is 3. The molecule has 70 valence electrons. The average Bonchev–Trinajstić information content (AvgIpc) is 1.96. The summed E-state index contributed by atoms with van der Waals surface area (Å²) in [5.41, 5.74) is -2.65. The summed E-state index contributed by atoms with van der Waals surface area (Å²) >= 11 is 0. The van der Waals surface area contributed by atoms with Crippen molar-refractivity contribution in [2.75, 3.05) is 0 Å². The van der Waals surface area contributed by atoms with Crippen molar-refractivity contribution in [3.05, 3.63) is 43.8 Å². The topological polar surface area (TPSA) is 108 Å². The molecule has 7 nitrogen and oxygen atoms in total. The van der Waals surface area contributed by atoms with Gasteiger partial charge in [-0.15, -0.1) is 0 Å². The minimum atomic E-state index is -0.885. The molecule has 0 unspecified atom stereocenters. The van der Waals surface area contributed by atoms with Crippen LogP contribution in [0.15, 0.2) is 26.7 Å². The van der Waals surface area contributed by atoms with E-state index in [1.807, 2.05) is 9.97 Å². The van der Waals surface area contributed by atoms with Gasteiger partial charge < -0.3 is 5.11 Å². The highest BCUT2D eigenvalue weighted by Crippen LogP contribution is 1.81. The predicted molar refractivity (Wildman–Crippen MR) is 43.7 cm³/mol. The number of aliphatic hydroxyl groups excluding tert-OH is 1. The standard InChI is InChI=1S/C6H7N3O4/c1-3(10)2-9-5(12)7-4(11)8-6(9)13/h10H,1-2H2,(H2,7,8,11,12,13). The van der Waals surface area contributed by atoms with Gasteiger partial charge in [-0.3, -0.25) is 9.97 Å². The van der Waals surface area contributed by atoms with E-state index < -0.39 is 17.1 Å². The second-order valence-electron chi connectivity index (χ2n) is 2.34. The number of rotatable bonds is 2. The Morgan fingerprint density at radius 3 is 2.15 bits per heavy atom. The third-order valence-electron chi connectivity index (χ3n) is 1.27. The molecular formula is C6H7N3O4. The summed E-state index contributed by atoms with van der Waals surface area (Å²) in [6.07, 6.45) is 0. The van der Waals surface area contributed by atoms with E-state index in [0.717, 1.165) is 0 Å². The minimum Gasteiger partial charge on any atom is -0.511 e. The third kappa shape index (κ3) is 1.95. The number of nitrogens with one attached hydrogen (secondary N) is 2. The van der Waals surface area contributed by atoms with E-state index in [1.165, 1.54) is 0 Å². The maximum absolute atomic E-state index is 10.9. The van der Waals surface area contributed by atoms with E-state index in [1.54, 1.807) is 0 Å². The van der Waals surface area contributed by atoms with Crippen LogP contribution >= 0.6 is 0 Å². The second kappa shape index (κ2) is 3.13. The third-order valence-corrected chi connectivity index (χ3v) is 1.27. The van der Waals surface area contributed by atoms with Crippen molar-refractivity contribution in [2.24, 2.45) is 0 Å². The molecule has 1 rings (SSSR count). The maximum atomic E-state index is 10.9. The van der Waals surface area contributed by atoms with Gasteiger partial charge in [-0.05, 0) is 0 Å². The summed E-state index contributed by atoms with van der Waals surface area (Å²) < 4.78 is 0.615. The molecule has 0 aliphatic carbocycles. The van der Waals surface area contributed by atoms with E-state index in [9.17, 15) is 14.4 Å². The number of nitrogens with zero attached hydrogens (tertiary/aromatic N) is 1. The van der Waals surface area contributed by atoms with E-state index >= 15 is 0 Å². The summed E-state index contributed by atoms with van der Waals surface area (Å²) in [6.45, 7) is 2.76. The molecule has 0 bridgehead atoms. The molecule has 1 aromatic heterocycles. The van der Waals surface area contributed by atoms with Crippen LogP contribution in [-0.4, -0.2) is 19.6 Å². The molecule has 0 aliphatic heterocycles. The SMILES string of the molecule is C=C(O)Cn1c(=O)[nH]c(=O)[nH]c1=O. The van der Waals surface area contributed by atoms with Crippen molar-refractivity contribution in [3.63, 3.8) is 0 Å². The lowest BCUT2D eigenvalue weighted by molar-refractivity contribution is 0.370. The van der Waals surface area contributed by atoms with Gasteiger partial charge in [-0.1, -0.05) is 6.58 Å². The van der Waals surface area contributed by atoms with Crippen LogP contribution < -0.4 is 17.1 Å². The minimum absolute atomic E-state index is 0.342. The summed E-state index contributed by atoms with van der Waals surface area (Å²) in [5.74, 6) is -0.348. The van der Waals surface area contributed by atoms with Gasteiger partial charge in [0.15, 0.2) is 0 Å². The van der Waals surface area contributed by atoms with E-state index in [4.69, 9.17) is 5.11 Å². The van der Waals surface area contributed by atoms with Gasteiger partial charge in [-0.25, -0.2) is 19.0 Å². The fourth-order valence-electron chi connectivity index (χ4n) is 0.779. The first-order chi connectivity index (χ1) is 6.00. The average molecular weight is 185 g/mol. The molecule has 0 radical (unpaired) electrons. The molecule has 3 N–H and O–H groups in total. The molecule has 0 saturated heterocycles. The molecule has 1 aromatic rings. The molecule has 0 amide bonds. The molecule has 0 saturated carbocycles. The van der Waals surface area contributed by atoms with Gasteiger partial charge in [0.2, 0.25) is 0 Å². The highest BCUT2D eigenvalue weighted by atomic mass is 16.3. The number of aromatic amines is 2. The van der Waals surface area contributed by atoms with Crippen LogP contribution in [0.2, 0.25) is 0 Å². The number of allylic oxidation sites excluding steroid dienone is 1. The monoisotopic (exact) mass is 185 g/mol. The molecule has 7 heteroatoms. The Morgan fingerprint density at radius 1 is 1.31 bits per heavy atom. The predicted octanol–water partition coefficient (Wildman–Crippen LogP) is -1.70. The first-order valence-corrected chi connectivity index (χ1v) is 3.31. The Hall–Kier alpha value is -2.05. The van der Waals surface area contributed by atoms with Crippen LogP contribution in [0.1, 0.15) is 0 Å². The molecule has 0 fully saturated rings. The molecular weight excluding hydrogens is 178 g/mol. The van der Waals surface area contributed by atoms with Crippen molar-refractivity contribution in [3.8, 4) is 0 Å². The normalized spacial score (nSPS) is 9.85. The molecule has 0 aliphatic rings. The van der Waals surface area contributed by atoms with Crippen LogP contribution in [0.5, 0.6) is 0 Å². The zero-order valence-corrected chi connectivity index (χ0v) is 6.53. The van der Waals surface area contributed by atoms with Crippen molar-refractivity contribution < 1.29 is 5.11 Å². The first-order valence-electron chi connectivity index (χ1n) is 3.31. The van der Waals surface area contributed by atoms with E-state index in [-0.39, 0.29) is 12.3 Å². The Kier molecular flexibility index (Phi) is 2.18. The Balaban J connectivity index is 3.38. The van der Waals surface area contributed by atoms with Gasteiger partial charge in [0.25, 0.3) is 0 Å². The Morgan fingerprint density at radius 2 is 1.77 bits per heavy atom. The van der Waals surface area contributed by atoms with Crippen LogP contribution in [-0.2, 0) is 6.54 Å². The fourth-order valence-corrected chi connectivity index (χ4v) is 0.779. The van der Waals surface area contributed by atoms with Gasteiger partial charge in [0.1, 0.15) is 5.76 Å². The van der Waals surface area contributed by atoms with Gasteiger partial charge in [-0.2, -0.15) is 0 Å². The van der Waals surface area contributed by atoms with Gasteiger partial charge >= 0.3 is 17.1 Å². The molecule has 0 aromatic carbocycles. The Bertz CT molecular complexity index is 457. The summed E-state index contributed by atoms with van der Waals surface area (Å²) in [4.78, 5) is 36.1. The highest BCUT2D eigenvalue weighted by Gasteiger charge is 2.02.